The standard InChI is InChI=1S/C11H23N.2C10H22N2.C10H21N/c1-10(2)8-9-12-11-6-4-3-5-7-11;1-9(2)3-6-12-7-4-10(11)5-8-12;1-10(2)4-5-12-8-6-11(3)7-9-12;1-10(2)6-9-11-7-4-3-5-8-11/h10-12H,3-9H2,1-2H3;9-10H,3-8,11H2,1-2H3;10H,4-9H2,1-3H3;10H,3-9H2,1-2H3. The van der Waals surface area contributed by atoms with E-state index >= 15 is 0 Å². The van der Waals surface area contributed by atoms with Crippen molar-refractivity contribution in [1.82, 2.24) is 24.9 Å². The molecule has 0 aromatic carbocycles. The molecule has 0 amide bonds. The molecular weight excluding hydrogens is 576 g/mol. The maximum absolute atomic E-state index is 5.83. The number of likely N-dealkylation sites (tertiary alicyclic amines) is 2. The smallest absolute Gasteiger partial charge is 0.0110 e. The van der Waals surface area contributed by atoms with Crippen molar-refractivity contribution in [3.8, 4) is 0 Å². The Labute approximate surface area is 296 Å². The minimum atomic E-state index is 0.472. The van der Waals surface area contributed by atoms with E-state index in [-0.39, 0.29) is 0 Å². The molecule has 4 rings (SSSR count). The number of nitrogens with zero attached hydrogens (tertiary/aromatic N) is 4. The highest BCUT2D eigenvalue weighted by atomic mass is 15.2. The van der Waals surface area contributed by atoms with Gasteiger partial charge in [0.15, 0.2) is 0 Å². The van der Waals surface area contributed by atoms with Crippen molar-refractivity contribution in [2.24, 2.45) is 29.4 Å². The average Bonchev–Trinajstić information content (AvgIpc) is 3.05. The second kappa shape index (κ2) is 28.5. The average molecular weight is 665 g/mol. The van der Waals surface area contributed by atoms with E-state index in [1.54, 1.807) is 0 Å². The van der Waals surface area contributed by atoms with Crippen molar-refractivity contribution >= 4 is 0 Å². The summed E-state index contributed by atoms with van der Waals surface area (Å²) < 4.78 is 0. The van der Waals surface area contributed by atoms with Gasteiger partial charge in [-0.15, -0.1) is 0 Å². The van der Waals surface area contributed by atoms with Crippen LogP contribution in [0.3, 0.4) is 0 Å². The Bertz CT molecular complexity index is 625. The van der Waals surface area contributed by atoms with Gasteiger partial charge in [0, 0.05) is 38.3 Å². The molecule has 3 N–H and O–H groups in total. The summed E-state index contributed by atoms with van der Waals surface area (Å²) >= 11 is 0. The number of rotatable bonds is 13. The van der Waals surface area contributed by atoms with Crippen LogP contribution in [0.15, 0.2) is 0 Å². The number of piperazine rings is 1. The number of nitrogens with one attached hydrogen (secondary N) is 1. The monoisotopic (exact) mass is 665 g/mol. The number of hydrogen-bond acceptors (Lipinski definition) is 6. The number of hydrogen-bond donors (Lipinski definition) is 2. The Balaban J connectivity index is 0.000000314. The topological polar surface area (TPSA) is 51.0 Å². The maximum atomic E-state index is 5.83. The zero-order chi connectivity index (χ0) is 34.9. The van der Waals surface area contributed by atoms with E-state index < -0.39 is 0 Å². The third-order valence-corrected chi connectivity index (χ3v) is 10.5. The molecule has 1 aliphatic carbocycles. The Morgan fingerprint density at radius 2 is 0.894 bits per heavy atom. The van der Waals surface area contributed by atoms with E-state index in [2.05, 4.69) is 87.4 Å². The Hall–Kier alpha value is -0.240. The second-order valence-corrected chi connectivity index (χ2v) is 17.2. The van der Waals surface area contributed by atoms with Crippen LogP contribution in [-0.4, -0.2) is 117 Å². The van der Waals surface area contributed by atoms with Gasteiger partial charge in [-0.05, 0) is 147 Å². The van der Waals surface area contributed by atoms with Crippen molar-refractivity contribution in [3.05, 3.63) is 0 Å². The molecule has 1 saturated carbocycles. The molecule has 3 saturated heterocycles. The lowest BCUT2D eigenvalue weighted by atomic mass is 9.95. The van der Waals surface area contributed by atoms with Gasteiger partial charge >= 0.3 is 0 Å². The van der Waals surface area contributed by atoms with Crippen molar-refractivity contribution in [2.45, 2.75) is 157 Å². The predicted molar refractivity (Wildman–Crippen MR) is 211 cm³/mol. The van der Waals surface area contributed by atoms with E-state index in [1.807, 2.05) is 0 Å². The lowest BCUT2D eigenvalue weighted by Crippen LogP contribution is -2.44. The first-order valence-electron chi connectivity index (χ1n) is 20.8. The molecule has 3 aliphatic heterocycles. The van der Waals surface area contributed by atoms with Gasteiger partial charge in [0.05, 0.1) is 0 Å². The first-order chi connectivity index (χ1) is 22.4. The summed E-state index contributed by atoms with van der Waals surface area (Å²) in [6.07, 6.45) is 19.3. The van der Waals surface area contributed by atoms with Crippen LogP contribution in [-0.2, 0) is 0 Å². The van der Waals surface area contributed by atoms with Crippen LogP contribution in [0.2, 0.25) is 0 Å². The van der Waals surface area contributed by atoms with Crippen LogP contribution in [0.4, 0.5) is 0 Å². The zero-order valence-corrected chi connectivity index (χ0v) is 33.7. The largest absolute Gasteiger partial charge is 0.328 e. The first kappa shape index (κ1) is 44.8. The third kappa shape index (κ3) is 27.2. The van der Waals surface area contributed by atoms with E-state index in [0.29, 0.717) is 6.04 Å². The minimum Gasteiger partial charge on any atom is -0.328 e. The van der Waals surface area contributed by atoms with E-state index in [0.717, 1.165) is 29.7 Å². The number of piperidine rings is 2. The predicted octanol–water partition coefficient (Wildman–Crippen LogP) is 8.21. The van der Waals surface area contributed by atoms with Gasteiger partial charge < -0.3 is 30.7 Å². The fraction of sp³-hybridized carbons (Fsp3) is 1.00. The summed E-state index contributed by atoms with van der Waals surface area (Å²) in [5, 5.41) is 3.65. The van der Waals surface area contributed by atoms with Crippen LogP contribution >= 0.6 is 0 Å². The normalized spacial score (nSPS) is 21.3. The molecule has 0 spiro atoms. The van der Waals surface area contributed by atoms with Gasteiger partial charge in [-0.3, -0.25) is 0 Å². The fourth-order valence-corrected chi connectivity index (χ4v) is 6.64. The van der Waals surface area contributed by atoms with Crippen molar-refractivity contribution < 1.29 is 0 Å². The van der Waals surface area contributed by atoms with Crippen LogP contribution in [0, 0.1) is 23.7 Å². The lowest BCUT2D eigenvalue weighted by molar-refractivity contribution is 0.148. The first-order valence-corrected chi connectivity index (χ1v) is 20.8. The van der Waals surface area contributed by atoms with Crippen LogP contribution in [0.5, 0.6) is 0 Å². The van der Waals surface area contributed by atoms with Crippen LogP contribution in [0.1, 0.15) is 145 Å². The fourth-order valence-electron chi connectivity index (χ4n) is 6.64. The summed E-state index contributed by atoms with van der Waals surface area (Å²) in [7, 11) is 2.21. The molecule has 4 fully saturated rings. The van der Waals surface area contributed by atoms with Gasteiger partial charge in [-0.1, -0.05) is 81.1 Å². The van der Waals surface area contributed by atoms with Gasteiger partial charge in [0.1, 0.15) is 0 Å². The second-order valence-electron chi connectivity index (χ2n) is 17.2. The Morgan fingerprint density at radius 1 is 0.489 bits per heavy atom. The summed E-state index contributed by atoms with van der Waals surface area (Å²) in [6, 6.07) is 1.32. The van der Waals surface area contributed by atoms with Gasteiger partial charge in [-0.25, -0.2) is 0 Å². The zero-order valence-electron chi connectivity index (χ0n) is 33.7. The molecule has 0 atom stereocenters. The molecule has 0 radical (unpaired) electrons. The molecule has 6 nitrogen and oxygen atoms in total. The molecule has 282 valence electrons. The molecule has 6 heteroatoms. The van der Waals surface area contributed by atoms with Gasteiger partial charge in [0.25, 0.3) is 0 Å². The quantitative estimate of drug-likeness (QED) is 0.207. The highest BCUT2D eigenvalue weighted by Gasteiger charge is 2.16. The van der Waals surface area contributed by atoms with Crippen molar-refractivity contribution in [1.29, 1.82) is 0 Å². The molecule has 0 aromatic heterocycles. The SMILES string of the molecule is CC(C)CCN1CCC(N)CC1.CC(C)CCN1CCCCC1.CC(C)CCN1CCN(C)CC1.CC(C)CCNC1CCCCC1. The van der Waals surface area contributed by atoms with Crippen LogP contribution in [0.25, 0.3) is 0 Å². The molecule has 4 aliphatic rings. The Kier molecular flexibility index (Phi) is 27.1. The molecule has 3 heterocycles. The molecular formula is C41H88N6. The van der Waals surface area contributed by atoms with Crippen molar-refractivity contribution in [3.63, 3.8) is 0 Å². The molecule has 0 aromatic rings. The third-order valence-electron chi connectivity index (χ3n) is 10.5. The molecule has 47 heavy (non-hydrogen) atoms. The highest BCUT2D eigenvalue weighted by molar-refractivity contribution is 4.74. The maximum Gasteiger partial charge on any atom is 0.0110 e. The number of likely N-dealkylation sites (N-methyl/N-ethyl adjacent to an activating group) is 1. The van der Waals surface area contributed by atoms with Crippen molar-refractivity contribution in [2.75, 3.05) is 85.6 Å². The van der Waals surface area contributed by atoms with Gasteiger partial charge in [0.2, 0.25) is 0 Å². The van der Waals surface area contributed by atoms with E-state index in [4.69, 9.17) is 5.73 Å². The summed E-state index contributed by atoms with van der Waals surface area (Å²) in [4.78, 5) is 10.2. The summed E-state index contributed by atoms with van der Waals surface area (Å²) in [5.74, 6) is 3.41. The lowest BCUT2D eigenvalue weighted by Gasteiger charge is -2.32. The summed E-state index contributed by atoms with van der Waals surface area (Å²) in [5.41, 5.74) is 5.83. The number of nitrogens with two attached hydrogens (primary N) is 1. The molecule has 0 unspecified atom stereocenters. The van der Waals surface area contributed by atoms with Crippen LogP contribution < -0.4 is 11.1 Å². The van der Waals surface area contributed by atoms with E-state index in [1.165, 1.54) is 168 Å². The minimum absolute atomic E-state index is 0.472. The van der Waals surface area contributed by atoms with Gasteiger partial charge in [-0.2, -0.15) is 0 Å². The van der Waals surface area contributed by atoms with E-state index in [9.17, 15) is 0 Å². The Morgan fingerprint density at radius 3 is 1.34 bits per heavy atom. The highest BCUT2D eigenvalue weighted by Crippen LogP contribution is 2.17. The molecule has 0 bridgehead atoms. The summed E-state index contributed by atoms with van der Waals surface area (Å²) in [6.45, 7) is 33.7.